The Morgan fingerprint density at radius 3 is 2.94 bits per heavy atom. The van der Waals surface area contributed by atoms with E-state index in [1.165, 1.54) is 29.5 Å². The number of aryl methyl sites for hydroxylation is 1. The summed E-state index contributed by atoms with van der Waals surface area (Å²) in [5.74, 6) is 1.08. The van der Waals surface area contributed by atoms with Gasteiger partial charge in [-0.05, 0) is 37.1 Å². The van der Waals surface area contributed by atoms with Gasteiger partial charge in [-0.2, -0.15) is 0 Å². The second-order valence-corrected chi connectivity index (χ2v) is 5.74. The van der Waals surface area contributed by atoms with Gasteiger partial charge in [-0.1, -0.05) is 0 Å². The van der Waals surface area contributed by atoms with Crippen molar-refractivity contribution in [2.24, 2.45) is 5.73 Å². The highest BCUT2D eigenvalue weighted by Crippen LogP contribution is 2.35. The number of hydrogen-bond acceptors (Lipinski definition) is 5. The molecule has 1 fully saturated rings. The number of nitrogens with two attached hydrogens (primary N) is 1. The third kappa shape index (κ3) is 1.87. The van der Waals surface area contributed by atoms with Crippen molar-refractivity contribution in [3.8, 4) is 0 Å². The number of nitrogens with zero attached hydrogens (tertiary/aromatic N) is 3. The Hall–Kier alpha value is -1.20. The Bertz CT molecular complexity index is 547. The molecule has 0 saturated heterocycles. The van der Waals surface area contributed by atoms with E-state index in [0.717, 1.165) is 17.9 Å². The highest BCUT2D eigenvalue weighted by atomic mass is 32.1. The minimum Gasteiger partial charge on any atom is -0.351 e. The van der Waals surface area contributed by atoms with Crippen LogP contribution < -0.4 is 10.6 Å². The van der Waals surface area contributed by atoms with Crippen molar-refractivity contribution in [2.45, 2.75) is 32.2 Å². The normalized spacial score (nSPS) is 15.9. The topological polar surface area (TPSA) is 55.0 Å². The number of thiophene rings is 1. The molecule has 0 aliphatic heterocycles. The maximum Gasteiger partial charge on any atom is 0.150 e. The van der Waals surface area contributed by atoms with Crippen LogP contribution in [-0.2, 0) is 0 Å². The lowest BCUT2D eigenvalue weighted by atomic mass is 9.91. The predicted molar refractivity (Wildman–Crippen MR) is 76.2 cm³/mol. The van der Waals surface area contributed by atoms with Crippen LogP contribution in [0.15, 0.2) is 11.7 Å². The van der Waals surface area contributed by atoms with Gasteiger partial charge in [0, 0.05) is 19.1 Å². The molecule has 4 nitrogen and oxygen atoms in total. The monoisotopic (exact) mass is 262 g/mol. The van der Waals surface area contributed by atoms with Gasteiger partial charge in [0.05, 0.1) is 10.2 Å². The number of fused-ring (bicyclic) bond motifs is 1. The third-order valence-corrected chi connectivity index (χ3v) is 4.75. The molecule has 0 bridgehead atoms. The largest absolute Gasteiger partial charge is 0.351 e. The molecule has 0 unspecified atom stereocenters. The van der Waals surface area contributed by atoms with Crippen molar-refractivity contribution in [2.75, 3.05) is 18.0 Å². The van der Waals surface area contributed by atoms with Crippen LogP contribution in [0.2, 0.25) is 0 Å². The molecule has 0 atom stereocenters. The average Bonchev–Trinajstić information content (AvgIpc) is 2.69. The number of aromatic nitrogens is 2. The molecular weight excluding hydrogens is 244 g/mol. The minimum absolute atomic E-state index is 0.619. The standard InChI is InChI=1S/C13H18N4S/c1-9-7-18-12-11(9)15-8-16-13(12)17(6-5-14)10-3-2-4-10/h7-8,10H,2-6,14H2,1H3. The zero-order chi connectivity index (χ0) is 12.5. The molecule has 1 aliphatic rings. The van der Waals surface area contributed by atoms with Crippen molar-refractivity contribution in [3.63, 3.8) is 0 Å². The molecule has 1 aliphatic carbocycles. The van der Waals surface area contributed by atoms with Crippen molar-refractivity contribution < 1.29 is 0 Å². The number of anilines is 1. The number of rotatable bonds is 4. The average molecular weight is 262 g/mol. The predicted octanol–water partition coefficient (Wildman–Crippen LogP) is 2.32. The molecule has 2 aromatic rings. The fourth-order valence-electron chi connectivity index (χ4n) is 2.46. The second-order valence-electron chi connectivity index (χ2n) is 4.86. The van der Waals surface area contributed by atoms with Crippen molar-refractivity contribution in [1.82, 2.24) is 9.97 Å². The molecule has 96 valence electrons. The molecule has 3 rings (SSSR count). The van der Waals surface area contributed by atoms with E-state index in [9.17, 15) is 0 Å². The van der Waals surface area contributed by atoms with Gasteiger partial charge in [0.15, 0.2) is 0 Å². The molecule has 1 saturated carbocycles. The summed E-state index contributed by atoms with van der Waals surface area (Å²) in [4.78, 5) is 11.3. The van der Waals surface area contributed by atoms with Gasteiger partial charge in [0.2, 0.25) is 0 Å². The Morgan fingerprint density at radius 2 is 2.28 bits per heavy atom. The van der Waals surface area contributed by atoms with Gasteiger partial charge in [0.1, 0.15) is 12.1 Å². The van der Waals surface area contributed by atoms with E-state index in [2.05, 4.69) is 27.2 Å². The first-order valence-electron chi connectivity index (χ1n) is 6.46. The molecule has 0 amide bonds. The summed E-state index contributed by atoms with van der Waals surface area (Å²) in [6.45, 7) is 3.66. The van der Waals surface area contributed by atoms with E-state index in [4.69, 9.17) is 5.73 Å². The van der Waals surface area contributed by atoms with E-state index in [0.29, 0.717) is 12.6 Å². The lowest BCUT2D eigenvalue weighted by Crippen LogP contribution is -2.43. The van der Waals surface area contributed by atoms with Crippen LogP contribution in [0, 0.1) is 6.92 Å². The molecule has 0 spiro atoms. The van der Waals surface area contributed by atoms with Gasteiger partial charge in [-0.3, -0.25) is 0 Å². The molecule has 0 aromatic carbocycles. The Labute approximate surface area is 111 Å². The SMILES string of the molecule is Cc1csc2c(N(CCN)C3CCC3)ncnc12. The zero-order valence-corrected chi connectivity index (χ0v) is 11.4. The van der Waals surface area contributed by atoms with Crippen LogP contribution in [0.1, 0.15) is 24.8 Å². The first kappa shape index (κ1) is 11.9. The molecule has 18 heavy (non-hydrogen) atoms. The summed E-state index contributed by atoms with van der Waals surface area (Å²) in [6.07, 6.45) is 5.52. The Morgan fingerprint density at radius 1 is 1.44 bits per heavy atom. The van der Waals surface area contributed by atoms with Crippen LogP contribution in [0.5, 0.6) is 0 Å². The molecule has 2 heterocycles. The molecule has 0 radical (unpaired) electrons. The molecule has 5 heteroatoms. The van der Waals surface area contributed by atoms with E-state index in [1.807, 2.05) is 0 Å². The molecular formula is C13H18N4S. The third-order valence-electron chi connectivity index (χ3n) is 3.67. The summed E-state index contributed by atoms with van der Waals surface area (Å²) in [5.41, 5.74) is 8.08. The van der Waals surface area contributed by atoms with Crippen LogP contribution >= 0.6 is 11.3 Å². The van der Waals surface area contributed by atoms with Crippen LogP contribution in [0.25, 0.3) is 10.2 Å². The molecule has 2 aromatic heterocycles. The Balaban J connectivity index is 2.04. The first-order valence-corrected chi connectivity index (χ1v) is 7.34. The fraction of sp³-hybridized carbons (Fsp3) is 0.538. The van der Waals surface area contributed by atoms with Gasteiger partial charge in [0.25, 0.3) is 0 Å². The summed E-state index contributed by atoms with van der Waals surface area (Å²) >= 11 is 1.74. The maximum atomic E-state index is 5.75. The van der Waals surface area contributed by atoms with E-state index >= 15 is 0 Å². The lowest BCUT2D eigenvalue weighted by Gasteiger charge is -2.38. The van der Waals surface area contributed by atoms with Gasteiger partial charge in [-0.25, -0.2) is 9.97 Å². The first-order chi connectivity index (χ1) is 8.81. The van der Waals surface area contributed by atoms with Crippen molar-refractivity contribution >= 4 is 27.4 Å². The highest BCUT2D eigenvalue weighted by molar-refractivity contribution is 7.18. The molecule has 2 N–H and O–H groups in total. The second kappa shape index (κ2) is 4.82. The zero-order valence-electron chi connectivity index (χ0n) is 10.6. The Kier molecular flexibility index (Phi) is 3.18. The summed E-state index contributed by atoms with van der Waals surface area (Å²) in [7, 11) is 0. The van der Waals surface area contributed by atoms with Crippen molar-refractivity contribution in [1.29, 1.82) is 0 Å². The summed E-state index contributed by atoms with van der Waals surface area (Å²) in [5, 5.41) is 2.16. The minimum atomic E-state index is 0.619. The van der Waals surface area contributed by atoms with Gasteiger partial charge >= 0.3 is 0 Å². The quantitative estimate of drug-likeness (QED) is 0.918. The van der Waals surface area contributed by atoms with E-state index in [1.54, 1.807) is 17.7 Å². The summed E-state index contributed by atoms with van der Waals surface area (Å²) < 4.78 is 1.20. The van der Waals surface area contributed by atoms with Crippen molar-refractivity contribution in [3.05, 3.63) is 17.3 Å². The van der Waals surface area contributed by atoms with Crippen LogP contribution in [0.3, 0.4) is 0 Å². The lowest BCUT2D eigenvalue weighted by molar-refractivity contribution is 0.386. The van der Waals surface area contributed by atoms with E-state index in [-0.39, 0.29) is 0 Å². The highest BCUT2D eigenvalue weighted by Gasteiger charge is 2.27. The maximum absolute atomic E-state index is 5.75. The van der Waals surface area contributed by atoms with E-state index < -0.39 is 0 Å². The number of hydrogen-bond donors (Lipinski definition) is 1. The van der Waals surface area contributed by atoms with Crippen LogP contribution in [0.4, 0.5) is 5.82 Å². The van der Waals surface area contributed by atoms with Gasteiger partial charge in [-0.15, -0.1) is 11.3 Å². The van der Waals surface area contributed by atoms with Gasteiger partial charge < -0.3 is 10.6 Å². The smallest absolute Gasteiger partial charge is 0.150 e. The van der Waals surface area contributed by atoms with Crippen LogP contribution in [-0.4, -0.2) is 29.1 Å². The fourth-order valence-corrected chi connectivity index (χ4v) is 3.47. The summed E-state index contributed by atoms with van der Waals surface area (Å²) in [6, 6.07) is 0.619.